The lowest BCUT2D eigenvalue weighted by molar-refractivity contribution is -0.142. The maximum Gasteiger partial charge on any atom is 0.313 e. The van der Waals surface area contributed by atoms with E-state index in [1.54, 1.807) is 18.2 Å². The molecule has 15 heavy (non-hydrogen) atoms. The molecule has 0 saturated carbocycles. The molecule has 0 fully saturated rings. The van der Waals surface area contributed by atoms with E-state index < -0.39 is 17.7 Å². The van der Waals surface area contributed by atoms with Gasteiger partial charge in [0.1, 0.15) is 5.82 Å². The smallest absolute Gasteiger partial charge is 0.313 e. The van der Waals surface area contributed by atoms with Gasteiger partial charge in [0.2, 0.25) is 0 Å². The van der Waals surface area contributed by atoms with E-state index in [4.69, 9.17) is 0 Å². The first-order valence-corrected chi connectivity index (χ1v) is 5.42. The van der Waals surface area contributed by atoms with Crippen molar-refractivity contribution in [2.45, 2.75) is 19.3 Å². The van der Waals surface area contributed by atoms with Crippen LogP contribution in [0.3, 0.4) is 0 Å². The largest absolute Gasteiger partial charge is 0.469 e. The zero-order chi connectivity index (χ0) is 11.4. The van der Waals surface area contributed by atoms with Crippen molar-refractivity contribution in [1.29, 1.82) is 0 Å². The number of carbonyl (C=O) groups is 1. The zero-order valence-corrected chi connectivity index (χ0v) is 10.2. The number of hydrogen-bond acceptors (Lipinski definition) is 2. The van der Waals surface area contributed by atoms with Crippen molar-refractivity contribution in [3.05, 3.63) is 34.1 Å². The average molecular weight is 275 g/mol. The molecule has 0 aromatic heterocycles. The van der Waals surface area contributed by atoms with Crippen molar-refractivity contribution >= 4 is 21.9 Å². The number of ether oxygens (including phenoxy) is 1. The van der Waals surface area contributed by atoms with Crippen molar-refractivity contribution in [2.24, 2.45) is 0 Å². The molecule has 0 radical (unpaired) electrons. The molecule has 0 bridgehead atoms. The number of rotatable bonds is 3. The summed E-state index contributed by atoms with van der Waals surface area (Å²) in [6.45, 7) is 1.82. The molecule has 0 aliphatic heterocycles. The topological polar surface area (TPSA) is 26.3 Å². The predicted octanol–water partition coefficient (Wildman–Crippen LogP) is 3.25. The van der Waals surface area contributed by atoms with E-state index in [9.17, 15) is 9.18 Å². The number of hydrogen-bond donors (Lipinski definition) is 0. The SMILES string of the molecule is CCC(C(=O)OC)c1cccc(Br)c1F. The standard InChI is InChI=1S/C11H12BrFO2/c1-3-7(11(14)15-2)8-5-4-6-9(12)10(8)13/h4-7H,3H2,1-2H3. The van der Waals surface area contributed by atoms with E-state index in [1.165, 1.54) is 7.11 Å². The maximum absolute atomic E-state index is 13.7. The molecule has 82 valence electrons. The summed E-state index contributed by atoms with van der Waals surface area (Å²) >= 11 is 3.09. The second-order valence-electron chi connectivity index (χ2n) is 3.13. The van der Waals surface area contributed by atoms with Crippen LogP contribution in [0, 0.1) is 5.82 Å². The van der Waals surface area contributed by atoms with Gasteiger partial charge < -0.3 is 4.74 Å². The van der Waals surface area contributed by atoms with E-state index >= 15 is 0 Å². The Morgan fingerprint density at radius 1 is 1.60 bits per heavy atom. The Kier molecular flexibility index (Phi) is 4.27. The minimum atomic E-state index is -0.535. The van der Waals surface area contributed by atoms with Gasteiger partial charge in [0.25, 0.3) is 0 Å². The third-order valence-corrected chi connectivity index (χ3v) is 2.86. The number of esters is 1. The summed E-state index contributed by atoms with van der Waals surface area (Å²) in [5, 5.41) is 0. The molecule has 0 amide bonds. The Labute approximate surface area is 96.6 Å². The highest BCUT2D eigenvalue weighted by atomic mass is 79.9. The summed E-state index contributed by atoms with van der Waals surface area (Å²) in [5.41, 5.74) is 0.374. The van der Waals surface area contributed by atoms with Crippen molar-refractivity contribution in [1.82, 2.24) is 0 Å². The molecule has 0 aliphatic carbocycles. The first kappa shape index (κ1) is 12.2. The zero-order valence-electron chi connectivity index (χ0n) is 8.59. The van der Waals surface area contributed by atoms with Gasteiger partial charge >= 0.3 is 5.97 Å². The van der Waals surface area contributed by atoms with Gasteiger partial charge in [0, 0.05) is 5.56 Å². The molecule has 1 atom stereocenters. The second kappa shape index (κ2) is 5.26. The molecule has 2 nitrogen and oxygen atoms in total. The quantitative estimate of drug-likeness (QED) is 0.791. The molecule has 0 aliphatic rings. The molecule has 1 aromatic carbocycles. The van der Waals surface area contributed by atoms with E-state index in [0.29, 0.717) is 16.5 Å². The van der Waals surface area contributed by atoms with Crippen molar-refractivity contribution in [3.63, 3.8) is 0 Å². The van der Waals surface area contributed by atoms with Crippen molar-refractivity contribution in [2.75, 3.05) is 7.11 Å². The van der Waals surface area contributed by atoms with Gasteiger partial charge in [0.15, 0.2) is 0 Å². The Bertz CT molecular complexity index is 366. The summed E-state index contributed by atoms with van der Waals surface area (Å²) in [5.74, 6) is -1.34. The average Bonchev–Trinajstić information content (AvgIpc) is 2.24. The lowest BCUT2D eigenvalue weighted by atomic mass is 9.96. The summed E-state index contributed by atoms with van der Waals surface area (Å²) in [4.78, 5) is 11.4. The first-order chi connectivity index (χ1) is 7.11. The lowest BCUT2D eigenvalue weighted by Crippen LogP contribution is -2.14. The molecule has 0 spiro atoms. The van der Waals surface area contributed by atoms with E-state index in [1.807, 2.05) is 6.92 Å². The predicted molar refractivity (Wildman–Crippen MR) is 59.1 cm³/mol. The third kappa shape index (κ3) is 2.56. The van der Waals surface area contributed by atoms with E-state index in [-0.39, 0.29) is 0 Å². The Balaban J connectivity index is 3.12. The van der Waals surface area contributed by atoms with Gasteiger partial charge in [-0.2, -0.15) is 0 Å². The highest BCUT2D eigenvalue weighted by molar-refractivity contribution is 9.10. The van der Waals surface area contributed by atoms with Gasteiger partial charge in [-0.1, -0.05) is 19.1 Å². The van der Waals surface area contributed by atoms with Gasteiger partial charge in [0.05, 0.1) is 17.5 Å². The molecule has 1 rings (SSSR count). The van der Waals surface area contributed by atoms with Gasteiger partial charge in [-0.05, 0) is 28.4 Å². The molecule has 1 aromatic rings. The number of methoxy groups -OCH3 is 1. The van der Waals surface area contributed by atoms with Crippen LogP contribution in [0.15, 0.2) is 22.7 Å². The molecular formula is C11H12BrFO2. The van der Waals surface area contributed by atoms with Crippen LogP contribution in [-0.4, -0.2) is 13.1 Å². The van der Waals surface area contributed by atoms with Gasteiger partial charge in [-0.15, -0.1) is 0 Å². The summed E-state index contributed by atoms with van der Waals surface area (Å²) in [6, 6.07) is 4.90. The molecule has 0 N–H and O–H groups in total. The Morgan fingerprint density at radius 3 is 2.80 bits per heavy atom. The second-order valence-corrected chi connectivity index (χ2v) is 3.98. The number of halogens is 2. The van der Waals surface area contributed by atoms with Crippen LogP contribution in [0.25, 0.3) is 0 Å². The van der Waals surface area contributed by atoms with E-state index in [2.05, 4.69) is 20.7 Å². The van der Waals surface area contributed by atoms with Crippen molar-refractivity contribution < 1.29 is 13.9 Å². The minimum absolute atomic E-state index is 0.363. The molecule has 1 unspecified atom stereocenters. The molecule has 0 heterocycles. The lowest BCUT2D eigenvalue weighted by Gasteiger charge is -2.13. The number of benzene rings is 1. The van der Waals surface area contributed by atoms with Crippen LogP contribution in [0.4, 0.5) is 4.39 Å². The highest BCUT2D eigenvalue weighted by Gasteiger charge is 2.23. The summed E-state index contributed by atoms with van der Waals surface area (Å²) in [6.07, 6.45) is 0.514. The molecule has 0 saturated heterocycles. The fraction of sp³-hybridized carbons (Fsp3) is 0.364. The molecular weight excluding hydrogens is 263 g/mol. The Morgan fingerprint density at radius 2 is 2.27 bits per heavy atom. The summed E-state index contributed by atoms with van der Waals surface area (Å²) < 4.78 is 18.7. The van der Waals surface area contributed by atoms with Crippen LogP contribution < -0.4 is 0 Å². The summed E-state index contributed by atoms with van der Waals surface area (Å²) in [7, 11) is 1.31. The van der Waals surface area contributed by atoms with Crippen LogP contribution in [-0.2, 0) is 9.53 Å². The highest BCUT2D eigenvalue weighted by Crippen LogP contribution is 2.27. The normalized spacial score (nSPS) is 12.3. The molecule has 4 heteroatoms. The number of carbonyl (C=O) groups excluding carboxylic acids is 1. The minimum Gasteiger partial charge on any atom is -0.469 e. The third-order valence-electron chi connectivity index (χ3n) is 2.25. The van der Waals surface area contributed by atoms with Crippen LogP contribution >= 0.6 is 15.9 Å². The van der Waals surface area contributed by atoms with Crippen LogP contribution in [0.5, 0.6) is 0 Å². The van der Waals surface area contributed by atoms with Gasteiger partial charge in [-0.25, -0.2) is 4.39 Å². The van der Waals surface area contributed by atoms with Crippen LogP contribution in [0.1, 0.15) is 24.8 Å². The van der Waals surface area contributed by atoms with Crippen molar-refractivity contribution in [3.8, 4) is 0 Å². The van der Waals surface area contributed by atoms with E-state index in [0.717, 1.165) is 0 Å². The maximum atomic E-state index is 13.7. The monoisotopic (exact) mass is 274 g/mol. The fourth-order valence-electron chi connectivity index (χ4n) is 1.45. The Hall–Kier alpha value is -0.900. The van der Waals surface area contributed by atoms with Gasteiger partial charge in [-0.3, -0.25) is 4.79 Å². The first-order valence-electron chi connectivity index (χ1n) is 4.63. The fourth-order valence-corrected chi connectivity index (χ4v) is 1.83. The van der Waals surface area contributed by atoms with Crippen LogP contribution in [0.2, 0.25) is 0 Å².